The Morgan fingerprint density at radius 1 is 1.30 bits per heavy atom. The number of ether oxygens (including phenoxy) is 2. The van der Waals surface area contributed by atoms with Crippen LogP contribution in [0.2, 0.25) is 0 Å². The molecular formula is C19H22NO5S2-. The molecule has 8 heteroatoms. The van der Waals surface area contributed by atoms with Crippen molar-refractivity contribution >= 4 is 46.3 Å². The minimum Gasteiger partial charge on any atom is -0.550 e. The summed E-state index contributed by atoms with van der Waals surface area (Å²) in [6.45, 7) is 2.93. The SMILES string of the molecule is CCOc1ccc(/C=C2\SC(=S)N(CCCCCC(=O)[O-])C2=O)cc1OC. The van der Waals surface area contributed by atoms with Gasteiger partial charge in [-0.25, -0.2) is 0 Å². The maximum absolute atomic E-state index is 12.6. The van der Waals surface area contributed by atoms with Gasteiger partial charge in [-0.1, -0.05) is 36.5 Å². The van der Waals surface area contributed by atoms with Crippen molar-refractivity contribution in [1.82, 2.24) is 4.90 Å². The van der Waals surface area contributed by atoms with Crippen LogP contribution in [0.4, 0.5) is 0 Å². The molecule has 1 aliphatic rings. The van der Waals surface area contributed by atoms with Gasteiger partial charge in [0.25, 0.3) is 5.91 Å². The number of carbonyl (C=O) groups excluding carboxylic acids is 2. The average molecular weight is 409 g/mol. The molecule has 1 saturated heterocycles. The van der Waals surface area contributed by atoms with Gasteiger partial charge in [0, 0.05) is 12.5 Å². The van der Waals surface area contributed by atoms with Crippen molar-refractivity contribution in [2.24, 2.45) is 0 Å². The van der Waals surface area contributed by atoms with Crippen LogP contribution in [-0.4, -0.2) is 41.4 Å². The van der Waals surface area contributed by atoms with E-state index in [1.807, 2.05) is 25.1 Å². The van der Waals surface area contributed by atoms with E-state index in [0.29, 0.717) is 53.1 Å². The Bertz CT molecular complexity index is 748. The number of thioether (sulfide) groups is 1. The standard InChI is InChI=1S/C19H23NO5S2/c1-3-25-14-9-8-13(11-15(14)24-2)12-16-18(23)20(19(26)27-16)10-6-4-5-7-17(21)22/h8-9,11-12H,3-7,10H2,1-2H3,(H,21,22)/p-1/b16-12-. The predicted molar refractivity (Wildman–Crippen MR) is 108 cm³/mol. The molecule has 0 spiro atoms. The second-order valence-corrected chi connectivity index (χ2v) is 7.54. The van der Waals surface area contributed by atoms with Gasteiger partial charge < -0.3 is 19.4 Å². The summed E-state index contributed by atoms with van der Waals surface area (Å²) in [5.41, 5.74) is 0.824. The van der Waals surface area contributed by atoms with Gasteiger partial charge >= 0.3 is 0 Å². The number of unbranched alkanes of at least 4 members (excludes halogenated alkanes) is 2. The summed E-state index contributed by atoms with van der Waals surface area (Å²) < 4.78 is 11.4. The lowest BCUT2D eigenvalue weighted by atomic mass is 10.1. The number of hydrogen-bond acceptors (Lipinski definition) is 7. The molecule has 2 rings (SSSR count). The van der Waals surface area contributed by atoms with E-state index in [2.05, 4.69) is 0 Å². The van der Waals surface area contributed by atoms with E-state index in [9.17, 15) is 14.7 Å². The van der Waals surface area contributed by atoms with Gasteiger partial charge in [-0.05, 0) is 50.0 Å². The van der Waals surface area contributed by atoms with Crippen molar-refractivity contribution in [3.63, 3.8) is 0 Å². The number of nitrogens with zero attached hydrogens (tertiary/aromatic N) is 1. The molecule has 0 atom stereocenters. The van der Waals surface area contributed by atoms with Crippen LogP contribution in [0.5, 0.6) is 11.5 Å². The summed E-state index contributed by atoms with van der Waals surface area (Å²) in [5, 5.41) is 10.4. The van der Waals surface area contributed by atoms with E-state index in [1.165, 1.54) is 11.8 Å². The Hall–Kier alpha value is -2.06. The zero-order valence-electron chi connectivity index (χ0n) is 15.4. The number of benzene rings is 1. The summed E-state index contributed by atoms with van der Waals surface area (Å²) in [6, 6.07) is 5.49. The fraction of sp³-hybridized carbons (Fsp3) is 0.421. The van der Waals surface area contributed by atoms with Gasteiger partial charge in [0.05, 0.1) is 18.6 Å². The molecule has 1 aliphatic heterocycles. The summed E-state index contributed by atoms with van der Waals surface area (Å²) in [5.74, 6) is 0.0855. The highest BCUT2D eigenvalue weighted by molar-refractivity contribution is 8.26. The van der Waals surface area contributed by atoms with Crippen LogP contribution in [0, 0.1) is 0 Å². The molecule has 6 nitrogen and oxygen atoms in total. The monoisotopic (exact) mass is 408 g/mol. The number of methoxy groups -OCH3 is 1. The molecular weight excluding hydrogens is 386 g/mol. The Labute approximate surface area is 168 Å². The molecule has 0 saturated carbocycles. The number of carboxylic acid groups (broad SMARTS) is 1. The second-order valence-electron chi connectivity index (χ2n) is 5.86. The third-order valence-electron chi connectivity index (χ3n) is 3.92. The number of aliphatic carboxylic acids is 1. The van der Waals surface area contributed by atoms with Crippen LogP contribution in [0.1, 0.15) is 38.2 Å². The molecule has 146 valence electrons. The van der Waals surface area contributed by atoms with E-state index in [4.69, 9.17) is 21.7 Å². The lowest BCUT2D eigenvalue weighted by Crippen LogP contribution is -2.29. The van der Waals surface area contributed by atoms with Gasteiger partial charge in [0.15, 0.2) is 11.5 Å². The lowest BCUT2D eigenvalue weighted by molar-refractivity contribution is -0.305. The molecule has 1 aromatic carbocycles. The zero-order chi connectivity index (χ0) is 19.8. The quantitative estimate of drug-likeness (QED) is 0.334. The highest BCUT2D eigenvalue weighted by Crippen LogP contribution is 2.34. The number of hydrogen-bond donors (Lipinski definition) is 0. The van der Waals surface area contributed by atoms with Crippen molar-refractivity contribution in [1.29, 1.82) is 0 Å². The van der Waals surface area contributed by atoms with Crippen molar-refractivity contribution in [3.8, 4) is 11.5 Å². The van der Waals surface area contributed by atoms with Gasteiger partial charge in [-0.15, -0.1) is 0 Å². The van der Waals surface area contributed by atoms with Gasteiger partial charge in [0.1, 0.15) is 4.32 Å². The van der Waals surface area contributed by atoms with Crippen LogP contribution in [0.25, 0.3) is 6.08 Å². The van der Waals surface area contributed by atoms with Crippen LogP contribution >= 0.6 is 24.0 Å². The first kappa shape index (κ1) is 21.2. The predicted octanol–water partition coefficient (Wildman–Crippen LogP) is 2.61. The molecule has 0 unspecified atom stereocenters. The molecule has 0 N–H and O–H groups in total. The third-order valence-corrected chi connectivity index (χ3v) is 5.30. The van der Waals surface area contributed by atoms with Crippen LogP contribution < -0.4 is 14.6 Å². The number of carbonyl (C=O) groups is 2. The van der Waals surface area contributed by atoms with Crippen LogP contribution in [-0.2, 0) is 9.59 Å². The fourth-order valence-corrected chi connectivity index (χ4v) is 3.92. The minimum absolute atomic E-state index is 0.0396. The molecule has 0 aliphatic carbocycles. The molecule has 0 radical (unpaired) electrons. The third kappa shape index (κ3) is 5.97. The number of rotatable bonds is 10. The van der Waals surface area contributed by atoms with Gasteiger partial charge in [-0.3, -0.25) is 9.69 Å². The summed E-state index contributed by atoms with van der Waals surface area (Å²) in [7, 11) is 1.57. The summed E-state index contributed by atoms with van der Waals surface area (Å²) in [6.07, 6.45) is 3.77. The Balaban J connectivity index is 2.01. The van der Waals surface area contributed by atoms with Crippen molar-refractivity contribution in [2.45, 2.75) is 32.6 Å². The van der Waals surface area contributed by atoms with E-state index < -0.39 is 5.97 Å². The van der Waals surface area contributed by atoms with Crippen molar-refractivity contribution < 1.29 is 24.2 Å². The smallest absolute Gasteiger partial charge is 0.266 e. The summed E-state index contributed by atoms with van der Waals surface area (Å²) in [4.78, 5) is 25.1. The van der Waals surface area contributed by atoms with Gasteiger partial charge in [0.2, 0.25) is 0 Å². The molecule has 1 heterocycles. The number of carboxylic acids is 1. The molecule has 0 aromatic heterocycles. The topological polar surface area (TPSA) is 78.9 Å². The van der Waals surface area contributed by atoms with Crippen molar-refractivity contribution in [3.05, 3.63) is 28.7 Å². The van der Waals surface area contributed by atoms with Gasteiger partial charge in [-0.2, -0.15) is 0 Å². The Morgan fingerprint density at radius 3 is 2.74 bits per heavy atom. The van der Waals surface area contributed by atoms with Crippen LogP contribution in [0.3, 0.4) is 0 Å². The molecule has 1 fully saturated rings. The van der Waals surface area contributed by atoms with E-state index in [0.717, 1.165) is 5.56 Å². The molecule has 0 bridgehead atoms. The van der Waals surface area contributed by atoms with E-state index in [-0.39, 0.29) is 12.3 Å². The van der Waals surface area contributed by atoms with E-state index >= 15 is 0 Å². The maximum atomic E-state index is 12.6. The van der Waals surface area contributed by atoms with Crippen LogP contribution in [0.15, 0.2) is 23.1 Å². The second kappa shape index (κ2) is 10.3. The number of amides is 1. The number of thiocarbonyl (C=S) groups is 1. The first-order valence-corrected chi connectivity index (χ1v) is 9.94. The summed E-state index contributed by atoms with van der Waals surface area (Å²) >= 11 is 6.58. The normalized spacial score (nSPS) is 15.5. The fourth-order valence-electron chi connectivity index (χ4n) is 2.61. The highest BCUT2D eigenvalue weighted by Gasteiger charge is 2.31. The first-order valence-electron chi connectivity index (χ1n) is 8.72. The van der Waals surface area contributed by atoms with E-state index in [1.54, 1.807) is 18.1 Å². The molecule has 1 aromatic rings. The molecule has 1 amide bonds. The Kier molecular flexibility index (Phi) is 8.12. The zero-order valence-corrected chi connectivity index (χ0v) is 17.0. The lowest BCUT2D eigenvalue weighted by Gasteiger charge is -2.14. The average Bonchev–Trinajstić information content (AvgIpc) is 2.89. The van der Waals surface area contributed by atoms with Crippen molar-refractivity contribution in [2.75, 3.05) is 20.3 Å². The Morgan fingerprint density at radius 2 is 2.07 bits per heavy atom. The molecule has 27 heavy (non-hydrogen) atoms. The highest BCUT2D eigenvalue weighted by atomic mass is 32.2. The first-order chi connectivity index (χ1) is 13.0. The minimum atomic E-state index is -1.05. The maximum Gasteiger partial charge on any atom is 0.266 e. The largest absolute Gasteiger partial charge is 0.550 e.